The van der Waals surface area contributed by atoms with Crippen molar-refractivity contribution in [3.63, 3.8) is 0 Å². The van der Waals surface area contributed by atoms with Gasteiger partial charge in [0.15, 0.2) is 0 Å². The summed E-state index contributed by atoms with van der Waals surface area (Å²) in [6, 6.07) is 11.5. The first-order valence-corrected chi connectivity index (χ1v) is 10.8. The predicted octanol–water partition coefficient (Wildman–Crippen LogP) is 4.37. The van der Waals surface area contributed by atoms with Crippen LogP contribution in [0.5, 0.6) is 0 Å². The third-order valence-electron chi connectivity index (χ3n) is 6.62. The summed E-state index contributed by atoms with van der Waals surface area (Å²) < 4.78 is 19.4. The Balaban J connectivity index is 1.86. The average Bonchev–Trinajstić information content (AvgIpc) is 2.72. The molecule has 0 aliphatic heterocycles. The zero-order valence-electron chi connectivity index (χ0n) is 19.0. The van der Waals surface area contributed by atoms with Gasteiger partial charge in [0.1, 0.15) is 12.1 Å². The summed E-state index contributed by atoms with van der Waals surface area (Å²) in [4.78, 5) is 2.01. The molecule has 3 N–H and O–H groups in total. The summed E-state index contributed by atoms with van der Waals surface area (Å²) in [5.74, 6) is -0.201. The van der Waals surface area contributed by atoms with Crippen LogP contribution >= 0.6 is 0 Å². The number of aryl methyl sites for hydroxylation is 2. The lowest BCUT2D eigenvalue weighted by Gasteiger charge is -2.44. The number of ether oxygens (including phenoxy) is 1. The lowest BCUT2D eigenvalue weighted by Crippen LogP contribution is -2.61. The van der Waals surface area contributed by atoms with Crippen LogP contribution in [0.4, 0.5) is 4.39 Å². The number of methoxy groups -OCH3 is 1. The number of nitrogens with one attached hydrogen (secondary N) is 1. The first-order valence-electron chi connectivity index (χ1n) is 10.8. The van der Waals surface area contributed by atoms with Crippen LogP contribution in [-0.2, 0) is 11.2 Å². The van der Waals surface area contributed by atoms with Crippen LogP contribution in [0.1, 0.15) is 42.4 Å². The maximum absolute atomic E-state index is 13.8. The van der Waals surface area contributed by atoms with Gasteiger partial charge in [0.25, 0.3) is 0 Å². The third-order valence-corrected chi connectivity index (χ3v) is 6.62. The second-order valence-corrected chi connectivity index (χ2v) is 9.05. The molecule has 164 valence electrons. The summed E-state index contributed by atoms with van der Waals surface area (Å²) in [5.41, 5.74) is 11.9. The largest absolute Gasteiger partial charge is 0.381 e. The molecule has 1 fully saturated rings. The van der Waals surface area contributed by atoms with Crippen LogP contribution in [0.15, 0.2) is 36.4 Å². The number of nitrogens with zero attached hydrogens (tertiary/aromatic N) is 1. The van der Waals surface area contributed by atoms with Gasteiger partial charge in [-0.3, -0.25) is 10.2 Å². The van der Waals surface area contributed by atoms with Crippen molar-refractivity contribution in [2.75, 3.05) is 21.2 Å². The Bertz CT molecular complexity index is 859. The predicted molar refractivity (Wildman–Crippen MR) is 122 cm³/mol. The number of benzene rings is 2. The molecule has 0 amide bonds. The van der Waals surface area contributed by atoms with E-state index in [1.54, 1.807) is 13.2 Å². The fourth-order valence-electron chi connectivity index (χ4n) is 4.53. The number of nitrogens with two attached hydrogens (primary N) is 1. The van der Waals surface area contributed by atoms with Crippen LogP contribution in [0.25, 0.3) is 11.1 Å². The molecule has 0 aromatic heterocycles. The SMILES string of the molecule is COC1CCC(Cc2ccc(-c3cc(F)ccc3C)cc2C)(NC(N)N(C)C)CC1. The highest BCUT2D eigenvalue weighted by Gasteiger charge is 2.37. The summed E-state index contributed by atoms with van der Waals surface area (Å²) in [6.45, 7) is 4.17. The highest BCUT2D eigenvalue weighted by atomic mass is 19.1. The maximum atomic E-state index is 13.8. The molecular formula is C25H36FN3O. The van der Waals surface area contributed by atoms with Crippen LogP contribution in [0, 0.1) is 19.7 Å². The van der Waals surface area contributed by atoms with Gasteiger partial charge in [0.05, 0.1) is 6.10 Å². The molecule has 1 saturated carbocycles. The maximum Gasteiger partial charge on any atom is 0.123 e. The van der Waals surface area contributed by atoms with E-state index >= 15 is 0 Å². The van der Waals surface area contributed by atoms with Crippen LogP contribution < -0.4 is 11.1 Å². The van der Waals surface area contributed by atoms with Crippen molar-refractivity contribution >= 4 is 0 Å². The van der Waals surface area contributed by atoms with E-state index in [9.17, 15) is 4.39 Å². The zero-order chi connectivity index (χ0) is 21.9. The minimum Gasteiger partial charge on any atom is -0.381 e. The lowest BCUT2D eigenvalue weighted by atomic mass is 9.75. The molecule has 0 heterocycles. The molecule has 0 bridgehead atoms. The van der Waals surface area contributed by atoms with Crippen molar-refractivity contribution in [3.05, 3.63) is 58.9 Å². The summed E-state index contributed by atoms with van der Waals surface area (Å²) in [7, 11) is 5.79. The molecule has 4 nitrogen and oxygen atoms in total. The molecule has 2 aromatic carbocycles. The van der Waals surface area contributed by atoms with E-state index in [1.807, 2.05) is 32.0 Å². The van der Waals surface area contributed by atoms with E-state index in [2.05, 4.69) is 30.4 Å². The Hall–Kier alpha value is -1.79. The Kier molecular flexibility index (Phi) is 7.30. The highest BCUT2D eigenvalue weighted by molar-refractivity contribution is 5.68. The quantitative estimate of drug-likeness (QED) is 0.662. The molecule has 1 atom stereocenters. The molecule has 5 heteroatoms. The first kappa shape index (κ1) is 22.9. The van der Waals surface area contributed by atoms with Crippen LogP contribution in [0.2, 0.25) is 0 Å². The fourth-order valence-corrected chi connectivity index (χ4v) is 4.53. The Labute approximate surface area is 180 Å². The van der Waals surface area contributed by atoms with Crippen molar-refractivity contribution in [1.29, 1.82) is 0 Å². The van der Waals surface area contributed by atoms with Gasteiger partial charge in [-0.2, -0.15) is 0 Å². The second-order valence-electron chi connectivity index (χ2n) is 9.05. The Morgan fingerprint density at radius 1 is 1.13 bits per heavy atom. The van der Waals surface area contributed by atoms with Crippen molar-refractivity contribution in [2.24, 2.45) is 5.73 Å². The second kappa shape index (κ2) is 9.56. The summed E-state index contributed by atoms with van der Waals surface area (Å²) in [5, 5.41) is 3.71. The number of rotatable bonds is 7. The number of hydrogen-bond donors (Lipinski definition) is 2. The van der Waals surface area contributed by atoms with Crippen molar-refractivity contribution in [3.8, 4) is 11.1 Å². The van der Waals surface area contributed by atoms with E-state index in [1.165, 1.54) is 17.2 Å². The monoisotopic (exact) mass is 413 g/mol. The van der Waals surface area contributed by atoms with E-state index in [0.717, 1.165) is 48.8 Å². The molecule has 30 heavy (non-hydrogen) atoms. The van der Waals surface area contributed by atoms with E-state index < -0.39 is 0 Å². The van der Waals surface area contributed by atoms with Gasteiger partial charge in [0, 0.05) is 12.6 Å². The third kappa shape index (κ3) is 5.27. The zero-order valence-corrected chi connectivity index (χ0v) is 19.0. The minimum atomic E-state index is -0.201. The Morgan fingerprint density at radius 3 is 2.43 bits per heavy atom. The van der Waals surface area contributed by atoms with Crippen molar-refractivity contribution in [2.45, 2.75) is 63.9 Å². The van der Waals surface area contributed by atoms with Gasteiger partial charge in [-0.25, -0.2) is 4.39 Å². The molecular weight excluding hydrogens is 377 g/mol. The standard InChI is InChI=1S/C25H36FN3O/c1-17-6-9-21(26)15-23(17)19-7-8-20(18(2)14-19)16-25(28-24(27)29(3)4)12-10-22(30-5)11-13-25/h6-9,14-15,22,24,28H,10-13,16,27H2,1-5H3. The lowest BCUT2D eigenvalue weighted by molar-refractivity contribution is 0.0308. The molecule has 0 saturated heterocycles. The van der Waals surface area contributed by atoms with Gasteiger partial charge >= 0.3 is 0 Å². The molecule has 1 aliphatic rings. The van der Waals surface area contributed by atoms with Crippen LogP contribution in [0.3, 0.4) is 0 Å². The molecule has 0 radical (unpaired) electrons. The molecule has 0 spiro atoms. The molecule has 1 unspecified atom stereocenters. The average molecular weight is 414 g/mol. The molecule has 3 rings (SSSR count). The van der Waals surface area contributed by atoms with Crippen molar-refractivity contribution < 1.29 is 9.13 Å². The van der Waals surface area contributed by atoms with E-state index in [4.69, 9.17) is 10.5 Å². The normalized spacial score (nSPS) is 23.0. The number of hydrogen-bond acceptors (Lipinski definition) is 4. The van der Waals surface area contributed by atoms with Gasteiger partial charge in [0.2, 0.25) is 0 Å². The Morgan fingerprint density at radius 2 is 1.83 bits per heavy atom. The summed E-state index contributed by atoms with van der Waals surface area (Å²) in [6.07, 6.45) is 5.16. The first-order chi connectivity index (χ1) is 14.2. The summed E-state index contributed by atoms with van der Waals surface area (Å²) >= 11 is 0. The van der Waals surface area contributed by atoms with Gasteiger partial charge in [-0.15, -0.1) is 0 Å². The number of halogens is 1. The highest BCUT2D eigenvalue weighted by Crippen LogP contribution is 2.35. The van der Waals surface area contributed by atoms with Gasteiger partial charge in [-0.05, 0) is 100.0 Å². The fraction of sp³-hybridized carbons (Fsp3) is 0.520. The van der Waals surface area contributed by atoms with Gasteiger partial charge < -0.3 is 10.5 Å². The minimum absolute atomic E-state index is 0.0558. The molecule has 1 aliphatic carbocycles. The van der Waals surface area contributed by atoms with Gasteiger partial charge in [-0.1, -0.05) is 24.3 Å². The van der Waals surface area contributed by atoms with Crippen molar-refractivity contribution in [1.82, 2.24) is 10.2 Å². The van der Waals surface area contributed by atoms with E-state index in [-0.39, 0.29) is 17.6 Å². The molecule has 2 aromatic rings. The van der Waals surface area contributed by atoms with E-state index in [0.29, 0.717) is 6.10 Å². The topological polar surface area (TPSA) is 50.5 Å². The van der Waals surface area contributed by atoms with Crippen LogP contribution in [-0.4, -0.2) is 44.0 Å². The smallest absolute Gasteiger partial charge is 0.123 e.